The number of hydrogen-bond donors (Lipinski definition) is 3. The third-order valence-electron chi connectivity index (χ3n) is 2.49. The van der Waals surface area contributed by atoms with Crippen LogP contribution < -0.4 is 11.1 Å². The van der Waals surface area contributed by atoms with E-state index in [1.807, 2.05) is 0 Å². The van der Waals surface area contributed by atoms with Crippen molar-refractivity contribution in [3.05, 3.63) is 35.4 Å². The molecule has 8 heteroatoms. The van der Waals surface area contributed by atoms with Crippen molar-refractivity contribution in [3.63, 3.8) is 0 Å². The van der Waals surface area contributed by atoms with Crippen molar-refractivity contribution in [3.8, 4) is 0 Å². The van der Waals surface area contributed by atoms with Gasteiger partial charge in [-0.3, -0.25) is 0 Å². The zero-order valence-electron chi connectivity index (χ0n) is 9.48. The number of nitrogens with two attached hydrogens (primary N) is 1. The van der Waals surface area contributed by atoms with Gasteiger partial charge in [-0.25, -0.2) is 9.37 Å². The van der Waals surface area contributed by atoms with Crippen LogP contribution in [0.25, 0.3) is 11.2 Å². The van der Waals surface area contributed by atoms with Crippen molar-refractivity contribution >= 4 is 40.2 Å². The molecule has 2 aromatic heterocycles. The van der Waals surface area contributed by atoms with Gasteiger partial charge in [0.05, 0.1) is 12.0 Å². The second-order valence-electron chi connectivity index (χ2n) is 3.78. The summed E-state index contributed by atoms with van der Waals surface area (Å²) >= 11 is 5.69. The number of halogens is 2. The van der Waals surface area contributed by atoms with E-state index in [1.54, 1.807) is 6.07 Å². The van der Waals surface area contributed by atoms with Crippen LogP contribution in [0.5, 0.6) is 0 Å². The first-order chi connectivity index (χ1) is 9.13. The van der Waals surface area contributed by atoms with E-state index in [0.717, 1.165) is 0 Å². The van der Waals surface area contributed by atoms with Crippen LogP contribution in [0.3, 0.4) is 0 Å². The maximum Gasteiger partial charge on any atom is 0.224 e. The van der Waals surface area contributed by atoms with Gasteiger partial charge in [-0.1, -0.05) is 11.6 Å². The summed E-state index contributed by atoms with van der Waals surface area (Å²) in [4.78, 5) is 14.8. The molecule has 19 heavy (non-hydrogen) atoms. The summed E-state index contributed by atoms with van der Waals surface area (Å²) < 4.78 is 13.7. The molecule has 0 unspecified atom stereocenters. The third-order valence-corrected chi connectivity index (χ3v) is 2.72. The first-order valence-electron chi connectivity index (χ1n) is 5.32. The lowest BCUT2D eigenvalue weighted by atomic mass is 10.3. The van der Waals surface area contributed by atoms with E-state index in [0.29, 0.717) is 22.0 Å². The van der Waals surface area contributed by atoms with Crippen molar-refractivity contribution in [1.29, 1.82) is 0 Å². The number of fused-ring (bicyclic) bond motifs is 1. The lowest BCUT2D eigenvalue weighted by Gasteiger charge is -2.08. The van der Waals surface area contributed by atoms with Gasteiger partial charge in [0.25, 0.3) is 0 Å². The molecule has 0 aliphatic carbocycles. The van der Waals surface area contributed by atoms with Crippen molar-refractivity contribution in [2.24, 2.45) is 0 Å². The number of hydrogen-bond acceptors (Lipinski definition) is 5. The Morgan fingerprint density at radius 1 is 1.32 bits per heavy atom. The minimum absolute atomic E-state index is 0.0523. The average molecular weight is 279 g/mol. The van der Waals surface area contributed by atoms with Gasteiger partial charge in [-0.15, -0.1) is 0 Å². The van der Waals surface area contributed by atoms with Crippen molar-refractivity contribution < 1.29 is 4.39 Å². The van der Waals surface area contributed by atoms with Gasteiger partial charge in [-0.05, 0) is 18.2 Å². The molecule has 1 aromatic carbocycles. The Hall–Kier alpha value is -2.41. The number of imidazole rings is 1. The van der Waals surface area contributed by atoms with Crippen molar-refractivity contribution in [2.45, 2.75) is 0 Å². The summed E-state index contributed by atoms with van der Waals surface area (Å²) in [5.41, 5.74) is 6.76. The molecule has 3 aromatic rings. The lowest BCUT2D eigenvalue weighted by Crippen LogP contribution is -2.02. The molecule has 0 atom stereocenters. The number of nitrogens with one attached hydrogen (secondary N) is 2. The van der Waals surface area contributed by atoms with Gasteiger partial charge in [0.15, 0.2) is 11.5 Å². The quantitative estimate of drug-likeness (QED) is 0.670. The molecule has 0 spiro atoms. The predicted octanol–water partition coefficient (Wildman–Crippen LogP) is 2.47. The maximum atomic E-state index is 13.7. The standard InChI is InChI=1S/C11H8ClFN6/c12-5-1-2-7(6(13)3-5)17-10-8-9(16-4-15-8)18-11(14)19-10/h1-4H,(H4,14,15,16,17,18,19). The Morgan fingerprint density at radius 3 is 2.95 bits per heavy atom. The summed E-state index contributed by atoms with van der Waals surface area (Å²) in [6.07, 6.45) is 1.46. The first kappa shape index (κ1) is 11.7. The van der Waals surface area contributed by atoms with Crippen LogP contribution in [0.4, 0.5) is 21.8 Å². The molecule has 0 bridgehead atoms. The molecule has 0 amide bonds. The Morgan fingerprint density at radius 2 is 2.16 bits per heavy atom. The molecular weight excluding hydrogens is 271 g/mol. The molecule has 0 saturated carbocycles. The largest absolute Gasteiger partial charge is 0.368 e. The fraction of sp³-hybridized carbons (Fsp3) is 0. The SMILES string of the molecule is Nc1nc(Nc2ccc(Cl)cc2F)c2[nH]cnc2n1. The van der Waals surface area contributed by atoms with Gasteiger partial charge in [-0.2, -0.15) is 9.97 Å². The van der Waals surface area contributed by atoms with E-state index >= 15 is 0 Å². The second kappa shape index (κ2) is 4.36. The van der Waals surface area contributed by atoms with E-state index in [2.05, 4.69) is 25.3 Å². The number of aromatic amines is 1. The van der Waals surface area contributed by atoms with Crippen LogP contribution in [0.15, 0.2) is 24.5 Å². The fourth-order valence-corrected chi connectivity index (χ4v) is 1.82. The number of anilines is 3. The number of nitrogens with zero attached hydrogens (tertiary/aromatic N) is 3. The zero-order chi connectivity index (χ0) is 13.4. The Bertz CT molecular complexity index is 756. The van der Waals surface area contributed by atoms with Crippen molar-refractivity contribution in [2.75, 3.05) is 11.1 Å². The molecule has 96 valence electrons. The highest BCUT2D eigenvalue weighted by Gasteiger charge is 2.10. The molecule has 0 saturated heterocycles. The van der Waals surface area contributed by atoms with Crippen LogP contribution in [-0.4, -0.2) is 19.9 Å². The van der Waals surface area contributed by atoms with Gasteiger partial charge < -0.3 is 16.0 Å². The molecular formula is C11H8ClFN6. The summed E-state index contributed by atoms with van der Waals surface area (Å²) in [6, 6.07) is 4.29. The molecule has 3 rings (SSSR count). The summed E-state index contributed by atoms with van der Waals surface area (Å²) in [5, 5.41) is 3.15. The normalized spacial score (nSPS) is 10.8. The van der Waals surface area contributed by atoms with Gasteiger partial charge in [0, 0.05) is 5.02 Å². The maximum absolute atomic E-state index is 13.7. The minimum atomic E-state index is -0.489. The number of H-pyrrole nitrogens is 1. The van der Waals surface area contributed by atoms with E-state index in [-0.39, 0.29) is 11.6 Å². The van der Waals surface area contributed by atoms with E-state index in [4.69, 9.17) is 17.3 Å². The summed E-state index contributed by atoms with van der Waals surface area (Å²) in [7, 11) is 0. The monoisotopic (exact) mass is 278 g/mol. The highest BCUT2D eigenvalue weighted by molar-refractivity contribution is 6.30. The number of nitrogen functional groups attached to an aromatic ring is 1. The van der Waals surface area contributed by atoms with Crippen LogP contribution in [0.2, 0.25) is 5.02 Å². The topological polar surface area (TPSA) is 92.5 Å². The fourth-order valence-electron chi connectivity index (χ4n) is 1.66. The smallest absolute Gasteiger partial charge is 0.224 e. The van der Waals surface area contributed by atoms with Crippen LogP contribution in [0, 0.1) is 5.82 Å². The minimum Gasteiger partial charge on any atom is -0.368 e. The van der Waals surface area contributed by atoms with Gasteiger partial charge in [0.1, 0.15) is 11.3 Å². The molecule has 2 heterocycles. The molecule has 4 N–H and O–H groups in total. The highest BCUT2D eigenvalue weighted by Crippen LogP contribution is 2.25. The first-order valence-corrected chi connectivity index (χ1v) is 5.70. The number of aromatic nitrogens is 4. The molecule has 0 fully saturated rings. The molecule has 0 radical (unpaired) electrons. The average Bonchev–Trinajstić information content (AvgIpc) is 2.80. The summed E-state index contributed by atoms with van der Waals surface area (Å²) in [6.45, 7) is 0. The van der Waals surface area contributed by atoms with Crippen LogP contribution >= 0.6 is 11.6 Å². The summed E-state index contributed by atoms with van der Waals surface area (Å²) in [5.74, 6) is -0.0879. The molecule has 0 aliphatic heterocycles. The zero-order valence-corrected chi connectivity index (χ0v) is 10.2. The Kier molecular flexibility index (Phi) is 2.68. The predicted molar refractivity (Wildman–Crippen MR) is 70.8 cm³/mol. The van der Waals surface area contributed by atoms with Crippen LogP contribution in [0.1, 0.15) is 0 Å². The van der Waals surface area contributed by atoms with E-state index in [9.17, 15) is 4.39 Å². The Labute approximate surface area is 111 Å². The van der Waals surface area contributed by atoms with Gasteiger partial charge >= 0.3 is 0 Å². The van der Waals surface area contributed by atoms with E-state index in [1.165, 1.54) is 18.5 Å². The highest BCUT2D eigenvalue weighted by atomic mass is 35.5. The second-order valence-corrected chi connectivity index (χ2v) is 4.22. The van der Waals surface area contributed by atoms with Gasteiger partial charge in [0.2, 0.25) is 5.95 Å². The number of rotatable bonds is 2. The third kappa shape index (κ3) is 2.15. The molecule has 0 aliphatic rings. The van der Waals surface area contributed by atoms with Crippen LogP contribution in [-0.2, 0) is 0 Å². The lowest BCUT2D eigenvalue weighted by molar-refractivity contribution is 0.632. The van der Waals surface area contributed by atoms with Crippen molar-refractivity contribution in [1.82, 2.24) is 19.9 Å². The Balaban J connectivity index is 2.07. The number of benzene rings is 1. The molecule has 6 nitrogen and oxygen atoms in total. The van der Waals surface area contributed by atoms with E-state index < -0.39 is 5.82 Å².